The minimum atomic E-state index is -1.51. The Morgan fingerprint density at radius 2 is 1.89 bits per heavy atom. The molecule has 1 aliphatic heterocycles. The van der Waals surface area contributed by atoms with Gasteiger partial charge in [-0.1, -0.05) is 41.4 Å². The van der Waals surface area contributed by atoms with Crippen LogP contribution in [0.4, 0.5) is 14.9 Å². The molecule has 2 aromatic rings. The van der Waals surface area contributed by atoms with Gasteiger partial charge in [0.25, 0.3) is 5.91 Å². The summed E-state index contributed by atoms with van der Waals surface area (Å²) in [6, 6.07) is 9.33. The van der Waals surface area contributed by atoms with E-state index in [0.29, 0.717) is 10.7 Å². The highest BCUT2D eigenvalue weighted by Crippen LogP contribution is 2.34. The molecule has 1 atom stereocenters. The second kappa shape index (κ2) is 7.17. The number of para-hydroxylation sites is 1. The van der Waals surface area contributed by atoms with Gasteiger partial charge >= 0.3 is 6.03 Å². The van der Waals surface area contributed by atoms with Gasteiger partial charge in [0.1, 0.15) is 17.9 Å². The SMILES string of the molecule is CC1(c2ccc(F)cc2Cl)NC(=O)N(CC(=O)Nc2ccccc2Cl)C1=O. The van der Waals surface area contributed by atoms with Gasteiger partial charge in [0, 0.05) is 10.6 Å². The summed E-state index contributed by atoms with van der Waals surface area (Å²) in [5.74, 6) is -1.84. The number of rotatable bonds is 4. The summed E-state index contributed by atoms with van der Waals surface area (Å²) >= 11 is 12.0. The monoisotopic (exact) mass is 409 g/mol. The molecule has 6 nitrogen and oxygen atoms in total. The lowest BCUT2D eigenvalue weighted by atomic mass is 9.92. The zero-order chi connectivity index (χ0) is 19.8. The molecule has 0 bridgehead atoms. The first-order valence-electron chi connectivity index (χ1n) is 7.86. The largest absolute Gasteiger partial charge is 0.325 e. The number of anilines is 1. The highest BCUT2D eigenvalue weighted by atomic mass is 35.5. The Kier molecular flexibility index (Phi) is 5.08. The molecule has 1 saturated heterocycles. The number of carbonyl (C=O) groups excluding carboxylic acids is 3. The van der Waals surface area contributed by atoms with Gasteiger partial charge in [0.2, 0.25) is 5.91 Å². The van der Waals surface area contributed by atoms with Crippen molar-refractivity contribution in [2.75, 3.05) is 11.9 Å². The number of urea groups is 1. The van der Waals surface area contributed by atoms with Crippen LogP contribution in [0, 0.1) is 5.82 Å². The van der Waals surface area contributed by atoms with E-state index in [1.54, 1.807) is 24.3 Å². The van der Waals surface area contributed by atoms with Crippen LogP contribution in [0.1, 0.15) is 12.5 Å². The number of halogens is 3. The number of nitrogens with one attached hydrogen (secondary N) is 2. The summed E-state index contributed by atoms with van der Waals surface area (Å²) < 4.78 is 13.3. The van der Waals surface area contributed by atoms with E-state index >= 15 is 0 Å². The quantitative estimate of drug-likeness (QED) is 0.757. The second-order valence-corrected chi connectivity index (χ2v) is 6.91. The Morgan fingerprint density at radius 1 is 1.19 bits per heavy atom. The summed E-state index contributed by atoms with van der Waals surface area (Å²) in [7, 11) is 0. The zero-order valence-corrected chi connectivity index (χ0v) is 15.6. The summed E-state index contributed by atoms with van der Waals surface area (Å²) in [6.07, 6.45) is 0. The maximum absolute atomic E-state index is 13.3. The Hall–Kier alpha value is -2.64. The third-order valence-corrected chi connectivity index (χ3v) is 4.84. The van der Waals surface area contributed by atoms with E-state index in [9.17, 15) is 18.8 Å². The summed E-state index contributed by atoms with van der Waals surface area (Å²) in [5.41, 5.74) is -0.912. The van der Waals surface area contributed by atoms with Crippen LogP contribution in [0.5, 0.6) is 0 Å². The number of carbonyl (C=O) groups is 3. The maximum Gasteiger partial charge on any atom is 0.325 e. The van der Waals surface area contributed by atoms with Crippen LogP contribution in [-0.2, 0) is 15.1 Å². The average Bonchev–Trinajstić information content (AvgIpc) is 2.81. The Balaban J connectivity index is 1.80. The molecule has 0 aliphatic carbocycles. The van der Waals surface area contributed by atoms with Crippen LogP contribution >= 0.6 is 23.2 Å². The van der Waals surface area contributed by atoms with Gasteiger partial charge in [-0.2, -0.15) is 0 Å². The molecule has 4 amide bonds. The number of hydrogen-bond acceptors (Lipinski definition) is 3. The fourth-order valence-electron chi connectivity index (χ4n) is 2.81. The van der Waals surface area contributed by atoms with E-state index in [4.69, 9.17) is 23.2 Å². The predicted molar refractivity (Wildman–Crippen MR) is 99.1 cm³/mol. The van der Waals surface area contributed by atoms with Crippen molar-refractivity contribution in [3.8, 4) is 0 Å². The van der Waals surface area contributed by atoms with Gasteiger partial charge in [-0.25, -0.2) is 9.18 Å². The van der Waals surface area contributed by atoms with Crippen molar-refractivity contribution in [2.24, 2.45) is 0 Å². The molecule has 1 aliphatic rings. The highest BCUT2D eigenvalue weighted by molar-refractivity contribution is 6.33. The normalized spacial score (nSPS) is 19.2. The lowest BCUT2D eigenvalue weighted by Crippen LogP contribution is -2.42. The third kappa shape index (κ3) is 3.61. The van der Waals surface area contributed by atoms with Crippen molar-refractivity contribution in [1.82, 2.24) is 10.2 Å². The van der Waals surface area contributed by atoms with Gasteiger partial charge in [-0.05, 0) is 31.2 Å². The fourth-order valence-corrected chi connectivity index (χ4v) is 3.35. The standard InChI is InChI=1S/C18H14Cl2FN3O3/c1-18(11-7-6-10(21)8-13(11)20)16(26)24(17(27)23-18)9-15(25)22-14-5-3-2-4-12(14)19/h2-8H,9H2,1H3,(H,22,25)(H,23,27). The first kappa shape index (κ1) is 19.1. The van der Waals surface area contributed by atoms with Crippen LogP contribution in [0.15, 0.2) is 42.5 Å². The summed E-state index contributed by atoms with van der Waals surface area (Å²) in [5, 5.41) is 5.37. The first-order valence-corrected chi connectivity index (χ1v) is 8.62. The highest BCUT2D eigenvalue weighted by Gasteiger charge is 2.50. The van der Waals surface area contributed by atoms with Crippen LogP contribution in [0.2, 0.25) is 10.0 Å². The van der Waals surface area contributed by atoms with E-state index in [1.807, 2.05) is 0 Å². The molecular weight excluding hydrogens is 396 g/mol. The predicted octanol–water partition coefficient (Wildman–Crippen LogP) is 3.54. The van der Waals surface area contributed by atoms with E-state index in [2.05, 4.69) is 10.6 Å². The average molecular weight is 410 g/mol. The van der Waals surface area contributed by atoms with Crippen molar-refractivity contribution in [3.05, 3.63) is 63.9 Å². The summed E-state index contributed by atoms with van der Waals surface area (Å²) in [4.78, 5) is 38.1. The second-order valence-electron chi connectivity index (χ2n) is 6.10. The lowest BCUT2D eigenvalue weighted by molar-refractivity contribution is -0.133. The van der Waals surface area contributed by atoms with Gasteiger partial charge in [0.05, 0.1) is 10.7 Å². The molecule has 9 heteroatoms. The van der Waals surface area contributed by atoms with Gasteiger partial charge in [-0.3, -0.25) is 14.5 Å². The van der Waals surface area contributed by atoms with Crippen LogP contribution in [0.25, 0.3) is 0 Å². The van der Waals surface area contributed by atoms with Gasteiger partial charge in [-0.15, -0.1) is 0 Å². The number of imide groups is 1. The molecule has 27 heavy (non-hydrogen) atoms. The number of benzene rings is 2. The van der Waals surface area contributed by atoms with Gasteiger partial charge in [0.15, 0.2) is 0 Å². The van der Waals surface area contributed by atoms with E-state index in [-0.39, 0.29) is 10.6 Å². The molecule has 1 fully saturated rings. The maximum atomic E-state index is 13.3. The molecule has 140 valence electrons. The molecule has 1 unspecified atom stereocenters. The van der Waals surface area contributed by atoms with Crippen LogP contribution in [0.3, 0.4) is 0 Å². The minimum absolute atomic E-state index is 0.00600. The molecule has 0 radical (unpaired) electrons. The molecule has 2 N–H and O–H groups in total. The van der Waals surface area contributed by atoms with E-state index < -0.39 is 35.7 Å². The van der Waals surface area contributed by atoms with Crippen molar-refractivity contribution in [3.63, 3.8) is 0 Å². The van der Waals surface area contributed by atoms with E-state index in [0.717, 1.165) is 17.0 Å². The summed E-state index contributed by atoms with van der Waals surface area (Å²) in [6.45, 7) is 0.933. The van der Waals surface area contributed by atoms with Crippen LogP contribution in [-0.4, -0.2) is 29.3 Å². The molecular formula is C18H14Cl2FN3O3. The Bertz CT molecular complexity index is 953. The smallest absolute Gasteiger partial charge is 0.323 e. The molecule has 2 aromatic carbocycles. The number of hydrogen-bond donors (Lipinski definition) is 2. The number of nitrogens with zero attached hydrogens (tertiary/aromatic N) is 1. The molecule has 0 spiro atoms. The molecule has 1 heterocycles. The molecule has 0 aromatic heterocycles. The van der Waals surface area contributed by atoms with Crippen molar-refractivity contribution < 1.29 is 18.8 Å². The number of amides is 4. The molecule has 0 saturated carbocycles. The topological polar surface area (TPSA) is 78.5 Å². The van der Waals surface area contributed by atoms with Crippen molar-refractivity contribution in [2.45, 2.75) is 12.5 Å². The van der Waals surface area contributed by atoms with Gasteiger partial charge < -0.3 is 10.6 Å². The lowest BCUT2D eigenvalue weighted by Gasteiger charge is -2.23. The minimum Gasteiger partial charge on any atom is -0.323 e. The zero-order valence-electron chi connectivity index (χ0n) is 14.1. The van der Waals surface area contributed by atoms with Crippen LogP contribution < -0.4 is 10.6 Å². The Morgan fingerprint density at radius 3 is 2.56 bits per heavy atom. The van der Waals surface area contributed by atoms with Crippen molar-refractivity contribution in [1.29, 1.82) is 0 Å². The van der Waals surface area contributed by atoms with Crippen molar-refractivity contribution >= 4 is 46.7 Å². The first-order chi connectivity index (χ1) is 12.7. The molecule has 3 rings (SSSR count). The van der Waals surface area contributed by atoms with E-state index in [1.165, 1.54) is 13.0 Å². The third-order valence-electron chi connectivity index (χ3n) is 4.19. The fraction of sp³-hybridized carbons (Fsp3) is 0.167. The Labute approximate surface area is 164 Å².